The number of hydrogen-bond acceptors (Lipinski definition) is 5. The number of furan rings is 1. The summed E-state index contributed by atoms with van der Waals surface area (Å²) in [6, 6.07) is 21.6. The summed E-state index contributed by atoms with van der Waals surface area (Å²) in [5.74, 6) is 1.59. The normalized spacial score (nSPS) is 11.2. The summed E-state index contributed by atoms with van der Waals surface area (Å²) in [5.41, 5.74) is 6.05. The monoisotopic (exact) mass is 439 g/mol. The van der Waals surface area contributed by atoms with Gasteiger partial charge in [0.1, 0.15) is 16.9 Å². The molecule has 0 aliphatic heterocycles. The topological polar surface area (TPSA) is 51.0 Å². The number of benzene rings is 2. The molecule has 0 atom stereocenters. The standard InChI is InChI=1S/C27H25N3OS/c1-18-5-9-21(10-6-18)22-11-7-20(8-12-22)4-3-14-28-26-24-16-19(2)32-27(24)30-25(29-26)23-13-15-31-17-23/h5-13,15-17H,3-4,14H2,1-2H3,(H,28,29,30). The van der Waals surface area contributed by atoms with Crippen molar-refractivity contribution < 1.29 is 4.42 Å². The zero-order valence-corrected chi connectivity index (χ0v) is 19.1. The Morgan fingerprint density at radius 1 is 0.875 bits per heavy atom. The van der Waals surface area contributed by atoms with Crippen LogP contribution in [0.1, 0.15) is 22.4 Å². The zero-order chi connectivity index (χ0) is 21.9. The van der Waals surface area contributed by atoms with Gasteiger partial charge < -0.3 is 9.73 Å². The maximum Gasteiger partial charge on any atom is 0.166 e. The highest BCUT2D eigenvalue weighted by Crippen LogP contribution is 2.31. The SMILES string of the molecule is Cc1ccc(-c2ccc(CCCNc3nc(-c4ccoc4)nc4sc(C)cc34)cc2)cc1. The van der Waals surface area contributed by atoms with Crippen molar-refractivity contribution in [2.75, 3.05) is 11.9 Å². The third-order valence-corrected chi connectivity index (χ3v) is 6.51. The Morgan fingerprint density at radius 3 is 2.34 bits per heavy atom. The molecule has 0 spiro atoms. The van der Waals surface area contributed by atoms with E-state index in [1.54, 1.807) is 23.9 Å². The number of nitrogens with zero attached hydrogens (tertiary/aromatic N) is 2. The lowest BCUT2D eigenvalue weighted by atomic mass is 10.0. The molecule has 0 unspecified atom stereocenters. The van der Waals surface area contributed by atoms with Gasteiger partial charge in [0, 0.05) is 11.4 Å². The fourth-order valence-corrected chi connectivity index (χ4v) is 4.69. The number of aryl methyl sites for hydroxylation is 3. The quantitative estimate of drug-likeness (QED) is 0.271. The second-order valence-electron chi connectivity index (χ2n) is 8.08. The van der Waals surface area contributed by atoms with Crippen molar-refractivity contribution >= 4 is 27.4 Å². The zero-order valence-electron chi connectivity index (χ0n) is 18.3. The van der Waals surface area contributed by atoms with Crippen molar-refractivity contribution in [3.63, 3.8) is 0 Å². The first-order valence-corrected chi connectivity index (χ1v) is 11.7. The van der Waals surface area contributed by atoms with E-state index < -0.39 is 0 Å². The van der Waals surface area contributed by atoms with E-state index in [0.717, 1.165) is 41.0 Å². The highest BCUT2D eigenvalue weighted by molar-refractivity contribution is 7.18. The van der Waals surface area contributed by atoms with E-state index in [1.807, 2.05) is 6.07 Å². The molecule has 0 aliphatic carbocycles. The molecule has 1 N–H and O–H groups in total. The largest absolute Gasteiger partial charge is 0.472 e. The van der Waals surface area contributed by atoms with E-state index in [1.165, 1.54) is 27.1 Å². The number of thiophene rings is 1. The lowest BCUT2D eigenvalue weighted by Crippen LogP contribution is -2.06. The summed E-state index contributed by atoms with van der Waals surface area (Å²) in [4.78, 5) is 11.7. The van der Waals surface area contributed by atoms with Gasteiger partial charge in [-0.25, -0.2) is 9.97 Å². The molecule has 0 saturated carbocycles. The Kier molecular flexibility index (Phi) is 5.73. The lowest BCUT2D eigenvalue weighted by Gasteiger charge is -2.09. The van der Waals surface area contributed by atoms with E-state index in [9.17, 15) is 0 Å². The summed E-state index contributed by atoms with van der Waals surface area (Å²) >= 11 is 1.69. The van der Waals surface area contributed by atoms with Gasteiger partial charge >= 0.3 is 0 Å². The van der Waals surface area contributed by atoms with Gasteiger partial charge in [-0.15, -0.1) is 11.3 Å². The molecule has 3 heterocycles. The highest BCUT2D eigenvalue weighted by atomic mass is 32.1. The molecule has 160 valence electrons. The second kappa shape index (κ2) is 8.97. The van der Waals surface area contributed by atoms with Crippen LogP contribution in [-0.4, -0.2) is 16.5 Å². The van der Waals surface area contributed by atoms with Gasteiger partial charge in [0.05, 0.1) is 17.2 Å². The third kappa shape index (κ3) is 4.43. The van der Waals surface area contributed by atoms with Crippen LogP contribution in [0.2, 0.25) is 0 Å². The molecule has 5 aromatic rings. The Balaban J connectivity index is 1.24. The summed E-state index contributed by atoms with van der Waals surface area (Å²) in [6.07, 6.45) is 5.39. The van der Waals surface area contributed by atoms with Gasteiger partial charge in [0.2, 0.25) is 0 Å². The fraction of sp³-hybridized carbons (Fsp3) is 0.185. The molecule has 0 radical (unpaired) electrons. The first kappa shape index (κ1) is 20.5. The molecule has 32 heavy (non-hydrogen) atoms. The second-order valence-corrected chi connectivity index (χ2v) is 9.31. The van der Waals surface area contributed by atoms with Gasteiger partial charge in [-0.2, -0.15) is 0 Å². The predicted octanol–water partition coefficient (Wildman–Crippen LogP) is 7.28. The maximum absolute atomic E-state index is 5.22. The van der Waals surface area contributed by atoms with E-state index in [4.69, 9.17) is 14.4 Å². The van der Waals surface area contributed by atoms with Crippen molar-refractivity contribution in [1.29, 1.82) is 0 Å². The molecule has 5 rings (SSSR count). The van der Waals surface area contributed by atoms with Crippen LogP contribution >= 0.6 is 11.3 Å². The van der Waals surface area contributed by atoms with E-state index in [0.29, 0.717) is 5.82 Å². The molecular weight excluding hydrogens is 414 g/mol. The van der Waals surface area contributed by atoms with Gasteiger partial charge in [-0.1, -0.05) is 54.1 Å². The summed E-state index contributed by atoms with van der Waals surface area (Å²) < 4.78 is 5.22. The number of nitrogens with one attached hydrogen (secondary N) is 1. The first-order chi connectivity index (χ1) is 15.7. The Labute approximate surface area is 192 Å². The Hall–Kier alpha value is -3.44. The van der Waals surface area contributed by atoms with Crippen LogP contribution in [0.5, 0.6) is 0 Å². The number of anilines is 1. The number of fused-ring (bicyclic) bond motifs is 1. The minimum atomic E-state index is 0.697. The molecule has 0 fully saturated rings. The first-order valence-electron chi connectivity index (χ1n) is 10.9. The van der Waals surface area contributed by atoms with Crippen LogP contribution in [0.3, 0.4) is 0 Å². The van der Waals surface area contributed by atoms with Crippen molar-refractivity contribution in [3.8, 4) is 22.5 Å². The van der Waals surface area contributed by atoms with Gasteiger partial charge in [-0.3, -0.25) is 0 Å². The summed E-state index contributed by atoms with van der Waals surface area (Å²) in [7, 11) is 0. The van der Waals surface area contributed by atoms with Gasteiger partial charge in [-0.05, 0) is 55.5 Å². The van der Waals surface area contributed by atoms with E-state index in [-0.39, 0.29) is 0 Å². The average Bonchev–Trinajstić information content (AvgIpc) is 3.47. The van der Waals surface area contributed by atoms with E-state index >= 15 is 0 Å². The predicted molar refractivity (Wildman–Crippen MR) is 133 cm³/mol. The smallest absolute Gasteiger partial charge is 0.166 e. The molecule has 0 aliphatic rings. The fourth-order valence-electron chi connectivity index (χ4n) is 3.81. The number of hydrogen-bond donors (Lipinski definition) is 1. The van der Waals surface area contributed by atoms with Crippen LogP contribution in [0, 0.1) is 13.8 Å². The molecule has 0 amide bonds. The molecule has 0 saturated heterocycles. The molecule has 0 bridgehead atoms. The van der Waals surface area contributed by atoms with Crippen LogP contribution in [-0.2, 0) is 6.42 Å². The lowest BCUT2D eigenvalue weighted by molar-refractivity contribution is 0.568. The number of rotatable bonds is 7. The molecular formula is C27H25N3OS. The van der Waals surface area contributed by atoms with Crippen molar-refractivity contribution in [2.45, 2.75) is 26.7 Å². The molecule has 3 aromatic heterocycles. The summed E-state index contributed by atoms with van der Waals surface area (Å²) in [5, 5.41) is 4.63. The van der Waals surface area contributed by atoms with Crippen LogP contribution < -0.4 is 5.32 Å². The average molecular weight is 440 g/mol. The minimum Gasteiger partial charge on any atom is -0.472 e. The van der Waals surface area contributed by atoms with Crippen LogP contribution in [0.25, 0.3) is 32.7 Å². The van der Waals surface area contributed by atoms with Gasteiger partial charge in [0.25, 0.3) is 0 Å². The minimum absolute atomic E-state index is 0.697. The molecule has 4 nitrogen and oxygen atoms in total. The van der Waals surface area contributed by atoms with Crippen molar-refractivity contribution in [1.82, 2.24) is 9.97 Å². The highest BCUT2D eigenvalue weighted by Gasteiger charge is 2.12. The Morgan fingerprint density at radius 2 is 1.62 bits per heavy atom. The Bertz CT molecular complexity index is 1320. The van der Waals surface area contributed by atoms with Crippen molar-refractivity contribution in [2.24, 2.45) is 0 Å². The van der Waals surface area contributed by atoms with Gasteiger partial charge in [0.15, 0.2) is 5.82 Å². The number of aromatic nitrogens is 2. The van der Waals surface area contributed by atoms with Crippen LogP contribution in [0.4, 0.5) is 5.82 Å². The third-order valence-electron chi connectivity index (χ3n) is 5.57. The van der Waals surface area contributed by atoms with Crippen LogP contribution in [0.15, 0.2) is 77.6 Å². The molecule has 2 aromatic carbocycles. The van der Waals surface area contributed by atoms with Crippen molar-refractivity contribution in [3.05, 3.63) is 89.2 Å². The summed E-state index contributed by atoms with van der Waals surface area (Å²) in [6.45, 7) is 5.07. The maximum atomic E-state index is 5.22. The molecule has 5 heteroatoms. The van der Waals surface area contributed by atoms with E-state index in [2.05, 4.69) is 73.8 Å².